The van der Waals surface area contributed by atoms with Gasteiger partial charge in [0.2, 0.25) is 0 Å². The van der Waals surface area contributed by atoms with E-state index >= 15 is 0 Å². The van der Waals surface area contributed by atoms with Gasteiger partial charge in [-0.1, -0.05) is 19.1 Å². The molecule has 0 spiro atoms. The molecule has 0 saturated carbocycles. The van der Waals surface area contributed by atoms with Gasteiger partial charge in [0.1, 0.15) is 6.33 Å². The van der Waals surface area contributed by atoms with Crippen molar-refractivity contribution in [3.8, 4) is 0 Å². The summed E-state index contributed by atoms with van der Waals surface area (Å²) in [4.78, 5) is 8.31. The van der Waals surface area contributed by atoms with Crippen molar-refractivity contribution in [2.75, 3.05) is 0 Å². The molecule has 0 aliphatic carbocycles. The van der Waals surface area contributed by atoms with E-state index < -0.39 is 0 Å². The van der Waals surface area contributed by atoms with E-state index in [-0.39, 0.29) is 0 Å². The van der Waals surface area contributed by atoms with Crippen molar-refractivity contribution < 1.29 is 0 Å². The third-order valence-electron chi connectivity index (χ3n) is 2.37. The Kier molecular flexibility index (Phi) is 1.97. The number of aromatic nitrogens is 2. The minimum absolute atomic E-state index is 1.03. The van der Waals surface area contributed by atoms with Crippen LogP contribution in [0.4, 0.5) is 0 Å². The van der Waals surface area contributed by atoms with Crippen LogP contribution >= 0.6 is 0 Å². The van der Waals surface area contributed by atoms with Crippen LogP contribution < -0.4 is 0 Å². The van der Waals surface area contributed by atoms with E-state index in [0.717, 1.165) is 17.3 Å². The maximum atomic E-state index is 4.30. The zero-order valence-corrected chi connectivity index (χ0v) is 7.91. The Hall–Kier alpha value is -1.44. The molecule has 0 amide bonds. The van der Waals surface area contributed by atoms with Crippen LogP contribution in [0.2, 0.25) is 0 Å². The third-order valence-corrected chi connectivity index (χ3v) is 2.37. The molecule has 1 aromatic heterocycles. The van der Waals surface area contributed by atoms with E-state index in [4.69, 9.17) is 0 Å². The number of nitrogens with zero attached hydrogens (tertiary/aromatic N) is 2. The summed E-state index contributed by atoms with van der Waals surface area (Å²) in [6.45, 7) is 4.28. The van der Waals surface area contributed by atoms with Crippen molar-refractivity contribution in [2.45, 2.75) is 20.3 Å². The molecule has 13 heavy (non-hydrogen) atoms. The molecular formula is C11H12N2. The molecule has 1 aromatic carbocycles. The molecule has 2 nitrogen and oxygen atoms in total. The average molecular weight is 172 g/mol. The topological polar surface area (TPSA) is 25.8 Å². The molecule has 0 unspecified atom stereocenters. The summed E-state index contributed by atoms with van der Waals surface area (Å²) in [5.74, 6) is 0. The molecule has 0 aliphatic heterocycles. The van der Waals surface area contributed by atoms with Gasteiger partial charge in [0, 0.05) is 11.6 Å². The second-order valence-corrected chi connectivity index (χ2v) is 3.18. The van der Waals surface area contributed by atoms with E-state index in [1.54, 1.807) is 6.33 Å². The summed E-state index contributed by atoms with van der Waals surface area (Å²) in [5, 5.41) is 1.13. The first kappa shape index (κ1) is 8.17. The number of hydrogen-bond acceptors (Lipinski definition) is 2. The molecule has 0 atom stereocenters. The Morgan fingerprint density at radius 3 is 2.92 bits per heavy atom. The molecule has 2 heteroatoms. The van der Waals surface area contributed by atoms with Crippen LogP contribution in [0.5, 0.6) is 0 Å². The highest BCUT2D eigenvalue weighted by Crippen LogP contribution is 2.19. The van der Waals surface area contributed by atoms with Crippen LogP contribution in [0, 0.1) is 6.92 Å². The second kappa shape index (κ2) is 3.13. The molecule has 0 radical (unpaired) electrons. The van der Waals surface area contributed by atoms with Gasteiger partial charge in [0.25, 0.3) is 0 Å². The van der Waals surface area contributed by atoms with Crippen LogP contribution in [0.1, 0.15) is 18.1 Å². The largest absolute Gasteiger partial charge is 0.244 e. The predicted molar refractivity (Wildman–Crippen MR) is 53.7 cm³/mol. The number of hydrogen-bond donors (Lipinski definition) is 0. The van der Waals surface area contributed by atoms with Gasteiger partial charge in [-0.25, -0.2) is 9.97 Å². The van der Waals surface area contributed by atoms with Crippen molar-refractivity contribution in [2.24, 2.45) is 0 Å². The summed E-state index contributed by atoms with van der Waals surface area (Å²) in [6.07, 6.45) is 4.50. The number of rotatable bonds is 1. The molecule has 0 aliphatic rings. The number of benzene rings is 1. The maximum absolute atomic E-state index is 4.30. The van der Waals surface area contributed by atoms with Crippen molar-refractivity contribution in [3.05, 3.63) is 35.8 Å². The molecule has 0 fully saturated rings. The van der Waals surface area contributed by atoms with Crippen molar-refractivity contribution in [1.29, 1.82) is 0 Å². The summed E-state index contributed by atoms with van der Waals surface area (Å²) < 4.78 is 0. The fourth-order valence-corrected chi connectivity index (χ4v) is 1.66. The van der Waals surface area contributed by atoms with Crippen LogP contribution in [0.3, 0.4) is 0 Å². The van der Waals surface area contributed by atoms with Gasteiger partial charge in [0.15, 0.2) is 0 Å². The van der Waals surface area contributed by atoms with E-state index in [9.17, 15) is 0 Å². The van der Waals surface area contributed by atoms with Crippen molar-refractivity contribution in [1.82, 2.24) is 9.97 Å². The SMILES string of the molecule is CCc1c(C)ccc2cncnc12. The average Bonchev–Trinajstić information content (AvgIpc) is 2.18. The zero-order chi connectivity index (χ0) is 9.26. The van der Waals surface area contributed by atoms with Crippen LogP contribution in [-0.2, 0) is 6.42 Å². The van der Waals surface area contributed by atoms with Crippen LogP contribution in [0.25, 0.3) is 10.9 Å². The molecule has 2 rings (SSSR count). The standard InChI is InChI=1S/C11H12N2/c1-3-10-8(2)4-5-9-6-12-7-13-11(9)10/h4-7H,3H2,1-2H3. The van der Waals surface area contributed by atoms with E-state index in [0.29, 0.717) is 0 Å². The van der Waals surface area contributed by atoms with Crippen LogP contribution in [-0.4, -0.2) is 9.97 Å². The normalized spacial score (nSPS) is 10.6. The highest BCUT2D eigenvalue weighted by atomic mass is 14.8. The molecule has 2 aromatic rings. The lowest BCUT2D eigenvalue weighted by Crippen LogP contribution is -1.91. The number of fused-ring (bicyclic) bond motifs is 1. The Morgan fingerprint density at radius 2 is 2.15 bits per heavy atom. The van der Waals surface area contributed by atoms with Crippen LogP contribution in [0.15, 0.2) is 24.7 Å². The van der Waals surface area contributed by atoms with Gasteiger partial charge in [-0.2, -0.15) is 0 Å². The maximum Gasteiger partial charge on any atom is 0.116 e. The van der Waals surface area contributed by atoms with Crippen molar-refractivity contribution in [3.63, 3.8) is 0 Å². The monoisotopic (exact) mass is 172 g/mol. The predicted octanol–water partition coefficient (Wildman–Crippen LogP) is 2.50. The fraction of sp³-hybridized carbons (Fsp3) is 0.273. The van der Waals surface area contributed by atoms with Gasteiger partial charge in [0.05, 0.1) is 5.52 Å². The lowest BCUT2D eigenvalue weighted by atomic mass is 10.0. The Morgan fingerprint density at radius 1 is 1.31 bits per heavy atom. The highest BCUT2D eigenvalue weighted by Gasteiger charge is 2.02. The second-order valence-electron chi connectivity index (χ2n) is 3.18. The lowest BCUT2D eigenvalue weighted by Gasteiger charge is -2.05. The minimum Gasteiger partial charge on any atom is -0.244 e. The van der Waals surface area contributed by atoms with E-state index in [2.05, 4.69) is 35.9 Å². The quantitative estimate of drug-likeness (QED) is 0.660. The molecule has 66 valence electrons. The Labute approximate surface area is 77.6 Å². The summed E-state index contributed by atoms with van der Waals surface area (Å²) in [7, 11) is 0. The van der Waals surface area contributed by atoms with Gasteiger partial charge in [-0.05, 0) is 24.5 Å². The van der Waals surface area contributed by atoms with Gasteiger partial charge < -0.3 is 0 Å². The lowest BCUT2D eigenvalue weighted by molar-refractivity contribution is 1.10. The first-order chi connectivity index (χ1) is 6.33. The minimum atomic E-state index is 1.03. The summed E-state index contributed by atoms with van der Waals surface area (Å²) >= 11 is 0. The fourth-order valence-electron chi connectivity index (χ4n) is 1.66. The Bertz CT molecular complexity index is 435. The van der Waals surface area contributed by atoms with Gasteiger partial charge in [-0.15, -0.1) is 0 Å². The van der Waals surface area contributed by atoms with E-state index in [1.807, 2.05) is 6.20 Å². The first-order valence-corrected chi connectivity index (χ1v) is 4.51. The highest BCUT2D eigenvalue weighted by molar-refractivity contribution is 5.81. The van der Waals surface area contributed by atoms with Crippen molar-refractivity contribution >= 4 is 10.9 Å². The van der Waals surface area contributed by atoms with E-state index in [1.165, 1.54) is 11.1 Å². The first-order valence-electron chi connectivity index (χ1n) is 4.51. The summed E-state index contributed by atoms with van der Waals surface area (Å²) in [6, 6.07) is 4.20. The molecule has 0 N–H and O–H groups in total. The zero-order valence-electron chi connectivity index (χ0n) is 7.91. The molecular weight excluding hydrogens is 160 g/mol. The van der Waals surface area contributed by atoms with Gasteiger partial charge >= 0.3 is 0 Å². The smallest absolute Gasteiger partial charge is 0.116 e. The number of aryl methyl sites for hydroxylation is 2. The Balaban J connectivity index is 2.84. The molecule has 1 heterocycles. The molecule has 0 bridgehead atoms. The summed E-state index contributed by atoms with van der Waals surface area (Å²) in [5.41, 5.74) is 3.74. The van der Waals surface area contributed by atoms with Gasteiger partial charge in [-0.3, -0.25) is 0 Å². The third kappa shape index (κ3) is 1.28. The molecule has 0 saturated heterocycles.